The maximum absolute atomic E-state index is 12.1. The van der Waals surface area contributed by atoms with Crippen LogP contribution in [0.1, 0.15) is 44.9 Å². The summed E-state index contributed by atoms with van der Waals surface area (Å²) in [5.41, 5.74) is 1.79. The van der Waals surface area contributed by atoms with Crippen LogP contribution >= 0.6 is 11.3 Å². The van der Waals surface area contributed by atoms with E-state index >= 15 is 0 Å². The second kappa shape index (κ2) is 7.65. The Kier molecular flexibility index (Phi) is 5.60. The number of aryl methyl sites for hydroxylation is 1. The Morgan fingerprint density at radius 2 is 1.73 bits per heavy atom. The van der Waals surface area contributed by atoms with Crippen LogP contribution in [0.15, 0.2) is 24.3 Å². The molecular formula is C15H18N4O2S. The monoisotopic (exact) mass is 318 g/mol. The standard InChI is InChI=1S/C15H18N4O2S/c1-3-4-9-16-12(20)14-18-19-15(22-14)13(21)17-11-7-5-10(2)6-8-11/h5-8H,3-4,9H2,1-2H3,(H,16,20)(H,17,21). The zero-order valence-corrected chi connectivity index (χ0v) is 13.4. The smallest absolute Gasteiger partial charge is 0.286 e. The average Bonchev–Trinajstić information content (AvgIpc) is 3.00. The fourth-order valence-electron chi connectivity index (χ4n) is 1.68. The second-order valence-electron chi connectivity index (χ2n) is 4.84. The van der Waals surface area contributed by atoms with Gasteiger partial charge in [-0.25, -0.2) is 0 Å². The van der Waals surface area contributed by atoms with Crippen molar-refractivity contribution >= 4 is 28.8 Å². The molecule has 116 valence electrons. The molecule has 0 fully saturated rings. The molecular weight excluding hydrogens is 300 g/mol. The van der Waals surface area contributed by atoms with Crippen LogP contribution in [-0.4, -0.2) is 28.6 Å². The predicted octanol–water partition coefficient (Wildman–Crippen LogP) is 2.63. The molecule has 2 N–H and O–H groups in total. The fraction of sp³-hybridized carbons (Fsp3) is 0.333. The van der Waals surface area contributed by atoms with Gasteiger partial charge in [-0.2, -0.15) is 0 Å². The first-order chi connectivity index (χ1) is 10.6. The molecule has 2 rings (SSSR count). The number of nitrogens with zero attached hydrogens (tertiary/aromatic N) is 2. The van der Waals surface area contributed by atoms with Crippen molar-refractivity contribution in [3.63, 3.8) is 0 Å². The molecule has 0 aliphatic heterocycles. The van der Waals surface area contributed by atoms with Crippen molar-refractivity contribution in [1.29, 1.82) is 0 Å². The highest BCUT2D eigenvalue weighted by atomic mass is 32.1. The van der Waals surface area contributed by atoms with E-state index in [9.17, 15) is 9.59 Å². The molecule has 22 heavy (non-hydrogen) atoms. The lowest BCUT2D eigenvalue weighted by Crippen LogP contribution is -2.24. The molecule has 0 saturated heterocycles. The summed E-state index contributed by atoms with van der Waals surface area (Å²) in [5.74, 6) is -0.658. The Morgan fingerprint density at radius 1 is 1.09 bits per heavy atom. The molecule has 0 bridgehead atoms. The molecule has 1 aromatic carbocycles. The molecule has 1 heterocycles. The lowest BCUT2D eigenvalue weighted by Gasteiger charge is -2.02. The minimum Gasteiger partial charge on any atom is -0.350 e. The summed E-state index contributed by atoms with van der Waals surface area (Å²) in [6, 6.07) is 7.43. The average molecular weight is 318 g/mol. The number of hydrogen-bond donors (Lipinski definition) is 2. The molecule has 0 unspecified atom stereocenters. The van der Waals surface area contributed by atoms with Crippen LogP contribution < -0.4 is 10.6 Å². The molecule has 1 aromatic heterocycles. The van der Waals surface area contributed by atoms with E-state index in [0.717, 1.165) is 29.7 Å². The van der Waals surface area contributed by atoms with Crippen molar-refractivity contribution in [1.82, 2.24) is 15.5 Å². The Balaban J connectivity index is 1.96. The molecule has 6 nitrogen and oxygen atoms in total. The van der Waals surface area contributed by atoms with Crippen molar-refractivity contribution in [2.75, 3.05) is 11.9 Å². The number of rotatable bonds is 6. The van der Waals surface area contributed by atoms with Gasteiger partial charge >= 0.3 is 0 Å². The lowest BCUT2D eigenvalue weighted by atomic mass is 10.2. The maximum Gasteiger partial charge on any atom is 0.286 e. The van der Waals surface area contributed by atoms with Gasteiger partial charge in [-0.1, -0.05) is 42.4 Å². The van der Waals surface area contributed by atoms with Gasteiger partial charge in [0.1, 0.15) is 0 Å². The molecule has 2 amide bonds. The summed E-state index contributed by atoms with van der Waals surface area (Å²) in [6.45, 7) is 4.62. The molecule has 7 heteroatoms. The van der Waals surface area contributed by atoms with Gasteiger partial charge in [0.2, 0.25) is 10.0 Å². The van der Waals surface area contributed by atoms with Gasteiger partial charge in [0.15, 0.2) is 0 Å². The first-order valence-electron chi connectivity index (χ1n) is 7.10. The minimum absolute atomic E-state index is 0.168. The van der Waals surface area contributed by atoms with Crippen LogP contribution in [0.3, 0.4) is 0 Å². The quantitative estimate of drug-likeness (QED) is 0.802. The first-order valence-corrected chi connectivity index (χ1v) is 7.91. The summed E-state index contributed by atoms with van der Waals surface area (Å²) in [5, 5.41) is 13.4. The van der Waals surface area contributed by atoms with E-state index in [4.69, 9.17) is 0 Å². The molecule has 0 saturated carbocycles. The molecule has 0 radical (unpaired) electrons. The van der Waals surface area contributed by atoms with Crippen molar-refractivity contribution in [3.05, 3.63) is 39.8 Å². The van der Waals surface area contributed by atoms with E-state index in [2.05, 4.69) is 20.8 Å². The lowest BCUT2D eigenvalue weighted by molar-refractivity contribution is 0.0950. The van der Waals surface area contributed by atoms with Gasteiger partial charge in [0.05, 0.1) is 0 Å². The van der Waals surface area contributed by atoms with E-state index in [1.54, 1.807) is 0 Å². The first kappa shape index (κ1) is 16.1. The van der Waals surface area contributed by atoms with E-state index in [0.29, 0.717) is 12.2 Å². The number of carbonyl (C=O) groups excluding carboxylic acids is 2. The maximum atomic E-state index is 12.1. The molecule has 0 aliphatic carbocycles. The molecule has 0 aliphatic rings. The third-order valence-corrected chi connectivity index (χ3v) is 3.86. The minimum atomic E-state index is -0.367. The summed E-state index contributed by atoms with van der Waals surface area (Å²) in [4.78, 5) is 23.9. The topological polar surface area (TPSA) is 84.0 Å². The Labute approximate surface area is 133 Å². The number of unbranched alkanes of at least 4 members (excludes halogenated alkanes) is 1. The van der Waals surface area contributed by atoms with Gasteiger partial charge in [0, 0.05) is 12.2 Å². The number of nitrogens with one attached hydrogen (secondary N) is 2. The zero-order chi connectivity index (χ0) is 15.9. The number of aromatic nitrogens is 2. The van der Waals surface area contributed by atoms with Crippen LogP contribution in [0.5, 0.6) is 0 Å². The van der Waals surface area contributed by atoms with E-state index in [1.807, 2.05) is 38.1 Å². The van der Waals surface area contributed by atoms with Crippen LogP contribution in [0.25, 0.3) is 0 Å². The van der Waals surface area contributed by atoms with Gasteiger partial charge in [-0.3, -0.25) is 9.59 Å². The van der Waals surface area contributed by atoms with Crippen molar-refractivity contribution in [2.45, 2.75) is 26.7 Å². The normalized spacial score (nSPS) is 10.3. The summed E-state index contributed by atoms with van der Waals surface area (Å²) in [7, 11) is 0. The van der Waals surface area contributed by atoms with E-state index < -0.39 is 0 Å². The Hall–Kier alpha value is -2.28. The fourth-order valence-corrected chi connectivity index (χ4v) is 2.34. The number of anilines is 1. The van der Waals surface area contributed by atoms with Crippen LogP contribution in [-0.2, 0) is 0 Å². The predicted molar refractivity (Wildman–Crippen MR) is 86.3 cm³/mol. The van der Waals surface area contributed by atoms with Crippen LogP contribution in [0.4, 0.5) is 5.69 Å². The second-order valence-corrected chi connectivity index (χ2v) is 5.82. The number of hydrogen-bond acceptors (Lipinski definition) is 5. The van der Waals surface area contributed by atoms with Gasteiger partial charge in [-0.15, -0.1) is 10.2 Å². The van der Waals surface area contributed by atoms with Crippen molar-refractivity contribution in [3.8, 4) is 0 Å². The Bertz CT molecular complexity index is 652. The third-order valence-electron chi connectivity index (χ3n) is 2.94. The van der Waals surface area contributed by atoms with Gasteiger partial charge in [0.25, 0.3) is 11.8 Å². The van der Waals surface area contributed by atoms with E-state index in [1.165, 1.54) is 0 Å². The Morgan fingerprint density at radius 3 is 2.36 bits per heavy atom. The molecule has 2 aromatic rings. The molecule has 0 spiro atoms. The number of carbonyl (C=O) groups is 2. The van der Waals surface area contributed by atoms with Gasteiger partial charge in [-0.05, 0) is 25.5 Å². The van der Waals surface area contributed by atoms with Crippen molar-refractivity contribution in [2.24, 2.45) is 0 Å². The zero-order valence-electron chi connectivity index (χ0n) is 12.5. The highest BCUT2D eigenvalue weighted by Gasteiger charge is 2.17. The SMILES string of the molecule is CCCCNC(=O)c1nnc(C(=O)Nc2ccc(C)cc2)s1. The van der Waals surface area contributed by atoms with E-state index in [-0.39, 0.29) is 21.8 Å². The third kappa shape index (κ3) is 4.36. The highest BCUT2D eigenvalue weighted by Crippen LogP contribution is 2.14. The van der Waals surface area contributed by atoms with Crippen LogP contribution in [0.2, 0.25) is 0 Å². The summed E-state index contributed by atoms with van der Waals surface area (Å²) < 4.78 is 0. The van der Waals surface area contributed by atoms with Crippen molar-refractivity contribution < 1.29 is 9.59 Å². The van der Waals surface area contributed by atoms with Crippen LogP contribution in [0, 0.1) is 6.92 Å². The van der Waals surface area contributed by atoms with Gasteiger partial charge < -0.3 is 10.6 Å². The highest BCUT2D eigenvalue weighted by molar-refractivity contribution is 7.15. The number of amides is 2. The summed E-state index contributed by atoms with van der Waals surface area (Å²) in [6.07, 6.45) is 1.91. The summed E-state index contributed by atoms with van der Waals surface area (Å²) >= 11 is 0.983. The number of benzene rings is 1. The molecule has 0 atom stereocenters. The largest absolute Gasteiger partial charge is 0.350 e.